The molecule has 0 radical (unpaired) electrons. The minimum Gasteiger partial charge on any atom is -0.497 e. The number of aromatic nitrogens is 1. The highest BCUT2D eigenvalue weighted by Gasteiger charge is 2.16. The molecule has 0 amide bonds. The van der Waals surface area contributed by atoms with E-state index in [4.69, 9.17) is 4.74 Å². The highest BCUT2D eigenvalue weighted by molar-refractivity contribution is 6.03. The lowest BCUT2D eigenvalue weighted by atomic mass is 9.98. The molecule has 1 aromatic heterocycles. The Kier molecular flexibility index (Phi) is 5.19. The number of aromatic amines is 1. The Morgan fingerprint density at radius 1 is 1.12 bits per heavy atom. The first kappa shape index (κ1) is 17.2. The molecule has 0 saturated carbocycles. The Bertz CT molecular complexity index is 847. The van der Waals surface area contributed by atoms with Crippen molar-refractivity contribution in [3.63, 3.8) is 0 Å². The zero-order valence-corrected chi connectivity index (χ0v) is 15.0. The van der Waals surface area contributed by atoms with Gasteiger partial charge in [-0.3, -0.25) is 4.79 Å². The van der Waals surface area contributed by atoms with Gasteiger partial charge in [-0.1, -0.05) is 18.2 Å². The van der Waals surface area contributed by atoms with Gasteiger partial charge in [-0.25, -0.2) is 0 Å². The number of nitrogens with one attached hydrogen (secondary N) is 1. The molecule has 1 N–H and O–H groups in total. The number of ketones is 1. The van der Waals surface area contributed by atoms with Gasteiger partial charge < -0.3 is 14.6 Å². The van der Waals surface area contributed by atoms with Crippen LogP contribution in [-0.4, -0.2) is 43.4 Å². The number of methoxy groups -OCH3 is 1. The summed E-state index contributed by atoms with van der Waals surface area (Å²) in [4.78, 5) is 18.3. The van der Waals surface area contributed by atoms with Crippen LogP contribution in [0.25, 0.3) is 22.2 Å². The third-order valence-corrected chi connectivity index (χ3v) is 4.36. The van der Waals surface area contributed by atoms with Crippen LogP contribution in [0.2, 0.25) is 0 Å². The number of H-pyrrole nitrogens is 1. The summed E-state index contributed by atoms with van der Waals surface area (Å²) in [7, 11) is 5.66. The van der Waals surface area contributed by atoms with Crippen LogP contribution in [0.4, 0.5) is 0 Å². The van der Waals surface area contributed by atoms with E-state index in [-0.39, 0.29) is 5.78 Å². The number of para-hydroxylation sites is 1. The Hall–Kier alpha value is -2.59. The highest BCUT2D eigenvalue weighted by atomic mass is 16.5. The largest absolute Gasteiger partial charge is 0.497 e. The average Bonchev–Trinajstić information content (AvgIpc) is 3.04. The van der Waals surface area contributed by atoms with E-state index >= 15 is 0 Å². The Balaban J connectivity index is 1.96. The third-order valence-electron chi connectivity index (χ3n) is 4.36. The van der Waals surface area contributed by atoms with Gasteiger partial charge in [0.05, 0.1) is 7.11 Å². The van der Waals surface area contributed by atoms with Crippen LogP contribution in [-0.2, 0) is 0 Å². The summed E-state index contributed by atoms with van der Waals surface area (Å²) >= 11 is 0. The molecule has 2 aromatic carbocycles. The molecule has 25 heavy (non-hydrogen) atoms. The second-order valence-electron chi connectivity index (χ2n) is 6.51. The lowest BCUT2D eigenvalue weighted by Gasteiger charge is -2.11. The molecule has 0 aliphatic rings. The molecule has 4 nitrogen and oxygen atoms in total. The topological polar surface area (TPSA) is 45.3 Å². The van der Waals surface area contributed by atoms with Gasteiger partial charge in [-0.05, 0) is 57.4 Å². The number of Topliss-reactive ketones (excluding diaryl/α,β-unsaturated/α-hetero) is 1. The third kappa shape index (κ3) is 3.91. The second-order valence-corrected chi connectivity index (χ2v) is 6.51. The Labute approximate surface area is 148 Å². The molecule has 4 heteroatoms. The van der Waals surface area contributed by atoms with Gasteiger partial charge in [0, 0.05) is 34.1 Å². The number of hydrogen-bond acceptors (Lipinski definition) is 3. The standard InChI is InChI=1S/C21H24N2O2/c1-23(2)12-6-9-21(24)18-14-16(25-3)10-11-17(18)20-13-15-7-4-5-8-19(15)22-20/h4-5,7-8,10-11,13-14,22H,6,9,12H2,1-3H3. The lowest BCUT2D eigenvalue weighted by molar-refractivity contribution is 0.0977. The molecular weight excluding hydrogens is 312 g/mol. The quantitative estimate of drug-likeness (QED) is 0.652. The number of rotatable bonds is 7. The van der Waals surface area contributed by atoms with Crippen molar-refractivity contribution in [2.75, 3.05) is 27.7 Å². The number of ether oxygens (including phenoxy) is 1. The number of nitrogens with zero attached hydrogens (tertiary/aromatic N) is 1. The van der Waals surface area contributed by atoms with E-state index in [1.54, 1.807) is 7.11 Å². The smallest absolute Gasteiger partial charge is 0.163 e. The molecule has 0 aliphatic carbocycles. The molecule has 0 saturated heterocycles. The van der Waals surface area contributed by atoms with Gasteiger partial charge in [-0.15, -0.1) is 0 Å². The van der Waals surface area contributed by atoms with Crippen molar-refractivity contribution in [1.82, 2.24) is 9.88 Å². The van der Waals surface area contributed by atoms with Crippen molar-refractivity contribution in [3.8, 4) is 17.0 Å². The van der Waals surface area contributed by atoms with E-state index in [0.717, 1.165) is 35.1 Å². The number of hydrogen-bond donors (Lipinski definition) is 1. The van der Waals surface area contributed by atoms with E-state index in [0.29, 0.717) is 17.7 Å². The molecule has 1 heterocycles. The molecule has 0 atom stereocenters. The fourth-order valence-corrected chi connectivity index (χ4v) is 3.02. The van der Waals surface area contributed by atoms with E-state index in [1.807, 2.05) is 50.5 Å². The van der Waals surface area contributed by atoms with Crippen molar-refractivity contribution in [1.29, 1.82) is 0 Å². The second kappa shape index (κ2) is 7.53. The number of carbonyl (C=O) groups excluding carboxylic acids is 1. The summed E-state index contributed by atoms with van der Waals surface area (Å²) in [5.41, 5.74) is 3.66. The van der Waals surface area contributed by atoms with Gasteiger partial charge in [0.1, 0.15) is 5.75 Å². The normalized spacial score (nSPS) is 11.2. The SMILES string of the molecule is COc1ccc(-c2cc3ccccc3[nH]2)c(C(=O)CCCN(C)C)c1. The zero-order chi connectivity index (χ0) is 17.8. The maximum atomic E-state index is 12.8. The van der Waals surface area contributed by atoms with E-state index < -0.39 is 0 Å². The molecular formula is C21H24N2O2. The molecule has 3 rings (SSSR count). The van der Waals surface area contributed by atoms with Crippen LogP contribution < -0.4 is 4.74 Å². The number of fused-ring (bicyclic) bond motifs is 1. The van der Waals surface area contributed by atoms with Gasteiger partial charge in [0.15, 0.2) is 5.78 Å². The molecule has 0 spiro atoms. The molecule has 0 bridgehead atoms. The number of carbonyl (C=O) groups is 1. The van der Waals surface area contributed by atoms with Crippen LogP contribution in [0.3, 0.4) is 0 Å². The minimum absolute atomic E-state index is 0.148. The zero-order valence-electron chi connectivity index (χ0n) is 15.0. The molecule has 3 aromatic rings. The summed E-state index contributed by atoms with van der Waals surface area (Å²) < 4.78 is 5.33. The minimum atomic E-state index is 0.148. The lowest BCUT2D eigenvalue weighted by Crippen LogP contribution is -2.14. The summed E-state index contributed by atoms with van der Waals surface area (Å²) in [5.74, 6) is 0.852. The Morgan fingerprint density at radius 3 is 2.64 bits per heavy atom. The Morgan fingerprint density at radius 2 is 1.92 bits per heavy atom. The summed E-state index contributed by atoms with van der Waals surface area (Å²) in [6, 6.07) is 15.9. The van der Waals surface area contributed by atoms with Gasteiger partial charge in [0.2, 0.25) is 0 Å². The maximum absolute atomic E-state index is 12.8. The first-order valence-corrected chi connectivity index (χ1v) is 8.52. The fraction of sp³-hybridized carbons (Fsp3) is 0.286. The van der Waals surface area contributed by atoms with E-state index in [9.17, 15) is 4.79 Å². The van der Waals surface area contributed by atoms with Crippen molar-refractivity contribution in [2.24, 2.45) is 0 Å². The molecule has 0 unspecified atom stereocenters. The van der Waals surface area contributed by atoms with Crippen LogP contribution in [0.1, 0.15) is 23.2 Å². The van der Waals surface area contributed by atoms with E-state index in [2.05, 4.69) is 22.0 Å². The predicted octanol–water partition coefficient (Wildman–Crippen LogP) is 4.37. The van der Waals surface area contributed by atoms with Crippen molar-refractivity contribution in [2.45, 2.75) is 12.8 Å². The summed E-state index contributed by atoms with van der Waals surface area (Å²) in [6.45, 7) is 0.900. The first-order chi connectivity index (χ1) is 12.1. The van der Waals surface area contributed by atoms with Gasteiger partial charge in [0.25, 0.3) is 0 Å². The average molecular weight is 336 g/mol. The van der Waals surface area contributed by atoms with Crippen LogP contribution in [0, 0.1) is 0 Å². The van der Waals surface area contributed by atoms with Crippen LogP contribution in [0.15, 0.2) is 48.5 Å². The van der Waals surface area contributed by atoms with Crippen LogP contribution in [0.5, 0.6) is 5.75 Å². The van der Waals surface area contributed by atoms with Crippen LogP contribution >= 0.6 is 0 Å². The fourth-order valence-electron chi connectivity index (χ4n) is 3.02. The van der Waals surface area contributed by atoms with Gasteiger partial charge in [-0.2, -0.15) is 0 Å². The molecule has 130 valence electrons. The monoisotopic (exact) mass is 336 g/mol. The molecule has 0 aliphatic heterocycles. The van der Waals surface area contributed by atoms with Gasteiger partial charge >= 0.3 is 0 Å². The van der Waals surface area contributed by atoms with Crippen molar-refractivity contribution < 1.29 is 9.53 Å². The predicted molar refractivity (Wildman–Crippen MR) is 102 cm³/mol. The first-order valence-electron chi connectivity index (χ1n) is 8.52. The maximum Gasteiger partial charge on any atom is 0.163 e. The van der Waals surface area contributed by atoms with E-state index in [1.165, 1.54) is 0 Å². The van der Waals surface area contributed by atoms with Crippen molar-refractivity contribution >= 4 is 16.7 Å². The molecule has 0 fully saturated rings. The van der Waals surface area contributed by atoms with Crippen molar-refractivity contribution in [3.05, 3.63) is 54.1 Å². The summed E-state index contributed by atoms with van der Waals surface area (Å²) in [5, 5.41) is 1.14. The summed E-state index contributed by atoms with van der Waals surface area (Å²) in [6.07, 6.45) is 1.37. The highest BCUT2D eigenvalue weighted by Crippen LogP contribution is 2.30. The number of benzene rings is 2.